The summed E-state index contributed by atoms with van der Waals surface area (Å²) >= 11 is 0. The molecule has 0 aromatic carbocycles. The van der Waals surface area contributed by atoms with Crippen LogP contribution in [0.25, 0.3) is 22.6 Å². The normalized spacial score (nSPS) is 11.3. The molecular formula is C11H7N7. The van der Waals surface area contributed by atoms with E-state index in [1.165, 1.54) is 0 Å². The van der Waals surface area contributed by atoms with Crippen LogP contribution in [-0.2, 0) is 0 Å². The Morgan fingerprint density at radius 3 is 3.11 bits per heavy atom. The third-order valence-corrected chi connectivity index (χ3v) is 2.76. The minimum absolute atomic E-state index is 0.672. The molecular weight excluding hydrogens is 230 g/mol. The quantitative estimate of drug-likeness (QED) is 0.490. The summed E-state index contributed by atoms with van der Waals surface area (Å²) in [6, 6.07) is 1.89. The first-order valence-corrected chi connectivity index (χ1v) is 5.36. The number of imidazole rings is 1. The number of rotatable bonds is 1. The summed E-state index contributed by atoms with van der Waals surface area (Å²) < 4.78 is 3.50. The van der Waals surface area contributed by atoms with Gasteiger partial charge in [-0.1, -0.05) is 0 Å². The van der Waals surface area contributed by atoms with Crippen LogP contribution in [0.2, 0.25) is 0 Å². The zero-order valence-corrected chi connectivity index (χ0v) is 9.17. The molecule has 7 heteroatoms. The Kier molecular flexibility index (Phi) is 1.71. The van der Waals surface area contributed by atoms with Crippen LogP contribution < -0.4 is 0 Å². The van der Waals surface area contributed by atoms with Gasteiger partial charge >= 0.3 is 0 Å². The molecule has 4 aromatic rings. The predicted molar refractivity (Wildman–Crippen MR) is 62.8 cm³/mol. The van der Waals surface area contributed by atoms with E-state index >= 15 is 0 Å². The second kappa shape index (κ2) is 3.33. The van der Waals surface area contributed by atoms with E-state index < -0.39 is 0 Å². The summed E-state index contributed by atoms with van der Waals surface area (Å²) in [5.74, 6) is 0.672. The van der Waals surface area contributed by atoms with Gasteiger partial charge in [-0.15, -0.1) is 10.2 Å². The molecule has 7 nitrogen and oxygen atoms in total. The van der Waals surface area contributed by atoms with Gasteiger partial charge in [0.25, 0.3) is 0 Å². The maximum Gasteiger partial charge on any atom is 0.233 e. The van der Waals surface area contributed by atoms with Crippen molar-refractivity contribution in [3.63, 3.8) is 0 Å². The zero-order valence-electron chi connectivity index (χ0n) is 9.17. The van der Waals surface area contributed by atoms with Crippen molar-refractivity contribution in [1.82, 2.24) is 34.2 Å². The molecule has 0 fully saturated rings. The Morgan fingerprint density at radius 2 is 2.11 bits per heavy atom. The number of hydrogen-bond acceptors (Lipinski definition) is 5. The standard InChI is InChI=1S/C11H7N7/c1-2-15-18-7-14-16-10(18)9(1)8-5-13-11-12-3-4-17(11)6-8/h1-7H. The lowest BCUT2D eigenvalue weighted by Gasteiger charge is -2.02. The SMILES string of the molecule is c1cn2cc(-c3ccnn4cnnc34)cnc2n1. The maximum atomic E-state index is 4.28. The Labute approximate surface area is 101 Å². The Balaban J connectivity index is 2.03. The number of nitrogens with zero attached hydrogens (tertiary/aromatic N) is 7. The van der Waals surface area contributed by atoms with Crippen LogP contribution >= 0.6 is 0 Å². The highest BCUT2D eigenvalue weighted by Gasteiger charge is 2.08. The highest BCUT2D eigenvalue weighted by Crippen LogP contribution is 2.21. The molecule has 4 aromatic heterocycles. The lowest BCUT2D eigenvalue weighted by atomic mass is 10.1. The van der Waals surface area contributed by atoms with Crippen molar-refractivity contribution < 1.29 is 0 Å². The molecule has 86 valence electrons. The fourth-order valence-electron chi connectivity index (χ4n) is 1.93. The first-order valence-electron chi connectivity index (χ1n) is 5.36. The predicted octanol–water partition coefficient (Wildman–Crippen LogP) is 0.834. The fraction of sp³-hybridized carbons (Fsp3) is 0. The van der Waals surface area contributed by atoms with Crippen LogP contribution in [0.5, 0.6) is 0 Å². The summed E-state index contributed by atoms with van der Waals surface area (Å²) in [6.07, 6.45) is 10.6. The number of fused-ring (bicyclic) bond motifs is 2. The molecule has 4 rings (SSSR count). The van der Waals surface area contributed by atoms with E-state index in [1.807, 2.05) is 22.9 Å². The van der Waals surface area contributed by atoms with Crippen molar-refractivity contribution in [2.24, 2.45) is 0 Å². The highest BCUT2D eigenvalue weighted by molar-refractivity contribution is 5.75. The molecule has 0 atom stereocenters. The van der Waals surface area contributed by atoms with Gasteiger partial charge < -0.3 is 0 Å². The molecule has 0 aliphatic rings. The molecule has 0 saturated carbocycles. The van der Waals surface area contributed by atoms with Gasteiger partial charge in [-0.2, -0.15) is 9.61 Å². The van der Waals surface area contributed by atoms with Gasteiger partial charge in [-0.3, -0.25) is 4.40 Å². The van der Waals surface area contributed by atoms with Crippen LogP contribution in [0.3, 0.4) is 0 Å². The van der Waals surface area contributed by atoms with Gasteiger partial charge in [0.2, 0.25) is 5.78 Å². The zero-order chi connectivity index (χ0) is 11.9. The summed E-state index contributed by atoms with van der Waals surface area (Å²) in [7, 11) is 0. The first kappa shape index (κ1) is 9.23. The molecule has 0 aliphatic carbocycles. The van der Waals surface area contributed by atoms with Crippen LogP contribution in [-0.4, -0.2) is 34.2 Å². The smallest absolute Gasteiger partial charge is 0.233 e. The Morgan fingerprint density at radius 1 is 1.11 bits per heavy atom. The van der Waals surface area contributed by atoms with E-state index in [9.17, 15) is 0 Å². The molecule has 0 bridgehead atoms. The molecule has 18 heavy (non-hydrogen) atoms. The lowest BCUT2D eigenvalue weighted by Crippen LogP contribution is -1.94. The van der Waals surface area contributed by atoms with Crippen LogP contribution in [0.1, 0.15) is 0 Å². The van der Waals surface area contributed by atoms with Gasteiger partial charge in [0.1, 0.15) is 6.33 Å². The van der Waals surface area contributed by atoms with Gasteiger partial charge in [-0.25, -0.2) is 9.97 Å². The van der Waals surface area contributed by atoms with Gasteiger partial charge in [-0.05, 0) is 6.07 Å². The van der Waals surface area contributed by atoms with Crippen LogP contribution in [0.4, 0.5) is 0 Å². The molecule has 0 amide bonds. The molecule has 0 unspecified atom stereocenters. The van der Waals surface area contributed by atoms with E-state index in [2.05, 4.69) is 25.3 Å². The molecule has 0 aliphatic heterocycles. The monoisotopic (exact) mass is 237 g/mol. The molecule has 0 saturated heterocycles. The van der Waals surface area contributed by atoms with E-state index in [4.69, 9.17) is 0 Å². The van der Waals surface area contributed by atoms with Gasteiger partial charge in [0, 0.05) is 42.1 Å². The summed E-state index contributed by atoms with van der Waals surface area (Å²) in [4.78, 5) is 8.39. The van der Waals surface area contributed by atoms with Crippen LogP contribution in [0, 0.1) is 0 Å². The summed E-state index contributed by atoms with van der Waals surface area (Å²) in [5.41, 5.74) is 2.59. The van der Waals surface area contributed by atoms with Gasteiger partial charge in [0.15, 0.2) is 5.65 Å². The Bertz CT molecular complexity index is 844. The molecule has 0 radical (unpaired) electrons. The van der Waals surface area contributed by atoms with Crippen molar-refractivity contribution in [2.45, 2.75) is 0 Å². The molecule has 0 spiro atoms. The van der Waals surface area contributed by atoms with E-state index in [-0.39, 0.29) is 0 Å². The highest BCUT2D eigenvalue weighted by atomic mass is 15.3. The maximum absolute atomic E-state index is 4.28. The van der Waals surface area contributed by atoms with Crippen molar-refractivity contribution in [1.29, 1.82) is 0 Å². The van der Waals surface area contributed by atoms with E-state index in [0.717, 1.165) is 11.1 Å². The topological polar surface area (TPSA) is 73.3 Å². The third-order valence-electron chi connectivity index (χ3n) is 2.76. The van der Waals surface area contributed by atoms with Crippen molar-refractivity contribution >= 4 is 11.4 Å². The third kappa shape index (κ3) is 1.21. The second-order valence-corrected chi connectivity index (χ2v) is 3.82. The lowest BCUT2D eigenvalue weighted by molar-refractivity contribution is 0.927. The van der Waals surface area contributed by atoms with E-state index in [1.54, 1.807) is 29.4 Å². The fourth-order valence-corrected chi connectivity index (χ4v) is 1.93. The minimum atomic E-state index is 0.672. The molecule has 0 N–H and O–H groups in total. The number of aromatic nitrogens is 7. The van der Waals surface area contributed by atoms with E-state index in [0.29, 0.717) is 11.4 Å². The van der Waals surface area contributed by atoms with Crippen molar-refractivity contribution in [2.75, 3.05) is 0 Å². The first-order chi connectivity index (χ1) is 8.92. The van der Waals surface area contributed by atoms with Gasteiger partial charge in [0.05, 0.1) is 0 Å². The second-order valence-electron chi connectivity index (χ2n) is 3.82. The van der Waals surface area contributed by atoms with Crippen LogP contribution in [0.15, 0.2) is 43.4 Å². The molecule has 4 heterocycles. The largest absolute Gasteiger partial charge is 0.291 e. The van der Waals surface area contributed by atoms with Crippen molar-refractivity contribution in [3.05, 3.63) is 43.4 Å². The Hall–Kier alpha value is -2.83. The summed E-state index contributed by atoms with van der Waals surface area (Å²) in [6.45, 7) is 0. The average Bonchev–Trinajstić information content (AvgIpc) is 3.05. The number of hydrogen-bond donors (Lipinski definition) is 0. The average molecular weight is 237 g/mol. The van der Waals surface area contributed by atoms with Crippen molar-refractivity contribution in [3.8, 4) is 11.1 Å². The summed E-state index contributed by atoms with van der Waals surface area (Å²) in [5, 5.41) is 12.0. The minimum Gasteiger partial charge on any atom is -0.291 e.